The monoisotopic (exact) mass is 414 g/mol. The average molecular weight is 415 g/mol. The van der Waals surface area contributed by atoms with Crippen LogP contribution in [0.25, 0.3) is 0 Å². The zero-order valence-corrected chi connectivity index (χ0v) is 18.3. The summed E-state index contributed by atoms with van der Waals surface area (Å²) < 4.78 is 5.57. The van der Waals surface area contributed by atoms with E-state index in [2.05, 4.69) is 18.8 Å². The van der Waals surface area contributed by atoms with Crippen LogP contribution in [0, 0.1) is 11.8 Å². The Morgan fingerprint density at radius 3 is 2.57 bits per heavy atom. The fourth-order valence-electron chi connectivity index (χ4n) is 4.44. The van der Waals surface area contributed by atoms with Crippen LogP contribution in [0.2, 0.25) is 0 Å². The molecule has 1 fully saturated rings. The highest BCUT2D eigenvalue weighted by Gasteiger charge is 2.44. The van der Waals surface area contributed by atoms with Crippen molar-refractivity contribution in [3.05, 3.63) is 30.3 Å². The van der Waals surface area contributed by atoms with Gasteiger partial charge in [0.2, 0.25) is 0 Å². The maximum atomic E-state index is 12.8. The molecule has 0 radical (unpaired) electrons. The first-order valence-electron chi connectivity index (χ1n) is 10.9. The first-order valence-corrected chi connectivity index (χ1v) is 10.9. The predicted octanol–water partition coefficient (Wildman–Crippen LogP) is 2.66. The first-order chi connectivity index (χ1) is 14.3. The van der Waals surface area contributed by atoms with Crippen LogP contribution in [-0.2, 0) is 9.59 Å². The number of carbonyl (C=O) groups excluding carboxylic acids is 2. The van der Waals surface area contributed by atoms with Gasteiger partial charge in [-0.05, 0) is 56.6 Å². The van der Waals surface area contributed by atoms with Crippen LogP contribution in [0.3, 0.4) is 0 Å². The number of para-hydroxylation sites is 1. The summed E-state index contributed by atoms with van der Waals surface area (Å²) in [5, 5.41) is 0. The Kier molecular flexibility index (Phi) is 7.00. The molecule has 1 unspecified atom stereocenters. The van der Waals surface area contributed by atoms with Gasteiger partial charge in [0, 0.05) is 19.6 Å². The number of hydrogen-bond donors (Lipinski definition) is 1. The molecule has 0 saturated carbocycles. The van der Waals surface area contributed by atoms with Crippen molar-refractivity contribution in [2.75, 3.05) is 26.2 Å². The highest BCUT2D eigenvalue weighted by molar-refractivity contribution is 6.06. The number of hydrogen-bond acceptors (Lipinski definition) is 5. The molecule has 2 heterocycles. The summed E-state index contributed by atoms with van der Waals surface area (Å²) >= 11 is 0. The molecule has 1 saturated heterocycles. The number of ether oxygens (including phenoxy) is 1. The summed E-state index contributed by atoms with van der Waals surface area (Å²) in [7, 11) is 0. The van der Waals surface area contributed by atoms with Gasteiger partial charge in [0.05, 0.1) is 0 Å². The molecule has 2 aliphatic heterocycles. The fraction of sp³-hybridized carbons (Fsp3) is 0.609. The highest BCUT2D eigenvalue weighted by atomic mass is 16.5. The molecule has 1 aromatic rings. The minimum absolute atomic E-state index is 0.0133. The standard InChI is InChI=1S/C23H34N4O3/c1-17(2)15-23(3)21(29)27(22(24)25-23)14-11-18-9-12-26(13-10-18)20(28)16-30-19-7-5-4-6-8-19/h4-8,17-18H,9-16H2,1-3H3,(H2,24,25). The zero-order chi connectivity index (χ0) is 21.7. The minimum Gasteiger partial charge on any atom is -0.484 e. The molecule has 2 amide bonds. The number of rotatable bonds is 8. The molecule has 30 heavy (non-hydrogen) atoms. The SMILES string of the molecule is CC(C)CC1(C)N=C(N)N(CCC2CCN(C(=O)COc3ccccc3)CC2)C1=O. The van der Waals surface area contributed by atoms with Gasteiger partial charge in [-0.25, -0.2) is 4.99 Å². The van der Waals surface area contributed by atoms with Crippen LogP contribution >= 0.6 is 0 Å². The third-order valence-corrected chi connectivity index (χ3v) is 5.98. The van der Waals surface area contributed by atoms with Gasteiger partial charge in [-0.15, -0.1) is 0 Å². The van der Waals surface area contributed by atoms with Gasteiger partial charge in [-0.3, -0.25) is 14.5 Å². The molecule has 0 aliphatic carbocycles. The number of piperidine rings is 1. The summed E-state index contributed by atoms with van der Waals surface area (Å²) in [4.78, 5) is 33.2. The second-order valence-corrected chi connectivity index (χ2v) is 9.01. The molecule has 7 nitrogen and oxygen atoms in total. The van der Waals surface area contributed by atoms with E-state index >= 15 is 0 Å². The summed E-state index contributed by atoms with van der Waals surface area (Å²) in [5.41, 5.74) is 5.34. The van der Waals surface area contributed by atoms with Crippen LogP contribution in [0.15, 0.2) is 35.3 Å². The predicted molar refractivity (Wildman–Crippen MR) is 117 cm³/mol. The van der Waals surface area contributed by atoms with Gasteiger partial charge < -0.3 is 15.4 Å². The molecular weight excluding hydrogens is 380 g/mol. The minimum atomic E-state index is -0.729. The average Bonchev–Trinajstić information content (AvgIpc) is 2.93. The van der Waals surface area contributed by atoms with Crippen molar-refractivity contribution in [2.24, 2.45) is 22.6 Å². The zero-order valence-electron chi connectivity index (χ0n) is 18.3. The molecule has 2 N–H and O–H groups in total. The van der Waals surface area contributed by atoms with Crippen molar-refractivity contribution in [3.63, 3.8) is 0 Å². The van der Waals surface area contributed by atoms with Crippen molar-refractivity contribution in [2.45, 2.75) is 52.0 Å². The Morgan fingerprint density at radius 2 is 1.93 bits per heavy atom. The number of guanidine groups is 1. The fourth-order valence-corrected chi connectivity index (χ4v) is 4.44. The number of benzene rings is 1. The van der Waals surface area contributed by atoms with E-state index < -0.39 is 5.54 Å². The van der Waals surface area contributed by atoms with Crippen molar-refractivity contribution >= 4 is 17.8 Å². The van der Waals surface area contributed by atoms with Crippen LogP contribution in [0.4, 0.5) is 0 Å². The summed E-state index contributed by atoms with van der Waals surface area (Å²) in [5.74, 6) is 1.94. The van der Waals surface area contributed by atoms with E-state index in [1.807, 2.05) is 42.2 Å². The van der Waals surface area contributed by atoms with E-state index in [1.165, 1.54) is 0 Å². The Labute approximate surface area is 179 Å². The van der Waals surface area contributed by atoms with Crippen LogP contribution in [0.1, 0.15) is 46.5 Å². The molecule has 0 spiro atoms. The van der Waals surface area contributed by atoms with Crippen molar-refractivity contribution in [1.82, 2.24) is 9.80 Å². The van der Waals surface area contributed by atoms with E-state index in [0.29, 0.717) is 36.5 Å². The van der Waals surface area contributed by atoms with E-state index in [-0.39, 0.29) is 18.4 Å². The number of likely N-dealkylation sites (tertiary alicyclic amines) is 1. The summed E-state index contributed by atoms with van der Waals surface area (Å²) in [6, 6.07) is 9.39. The van der Waals surface area contributed by atoms with E-state index in [4.69, 9.17) is 10.5 Å². The third kappa shape index (κ3) is 5.32. The Hall–Kier alpha value is -2.57. The lowest BCUT2D eigenvalue weighted by Crippen LogP contribution is -2.45. The Morgan fingerprint density at radius 1 is 1.27 bits per heavy atom. The molecule has 7 heteroatoms. The third-order valence-electron chi connectivity index (χ3n) is 5.98. The second-order valence-electron chi connectivity index (χ2n) is 9.01. The maximum absolute atomic E-state index is 12.8. The molecule has 0 aromatic heterocycles. The van der Waals surface area contributed by atoms with Gasteiger partial charge in [0.1, 0.15) is 11.3 Å². The van der Waals surface area contributed by atoms with Gasteiger partial charge >= 0.3 is 0 Å². The van der Waals surface area contributed by atoms with E-state index in [1.54, 1.807) is 4.90 Å². The van der Waals surface area contributed by atoms with Gasteiger partial charge in [0.25, 0.3) is 11.8 Å². The van der Waals surface area contributed by atoms with Gasteiger partial charge in [-0.2, -0.15) is 0 Å². The van der Waals surface area contributed by atoms with Crippen molar-refractivity contribution < 1.29 is 14.3 Å². The lowest BCUT2D eigenvalue weighted by Gasteiger charge is -2.33. The van der Waals surface area contributed by atoms with E-state index in [9.17, 15) is 9.59 Å². The molecule has 3 rings (SSSR count). The molecule has 1 aromatic carbocycles. The highest BCUT2D eigenvalue weighted by Crippen LogP contribution is 2.29. The summed E-state index contributed by atoms with van der Waals surface area (Å²) in [6.07, 6.45) is 3.44. The topological polar surface area (TPSA) is 88.2 Å². The molecule has 164 valence electrons. The number of aliphatic imine (C=N–C) groups is 1. The molecule has 2 aliphatic rings. The normalized spacial score (nSPS) is 22.5. The van der Waals surface area contributed by atoms with Gasteiger partial charge in [-0.1, -0.05) is 32.0 Å². The van der Waals surface area contributed by atoms with Crippen LogP contribution in [-0.4, -0.2) is 59.4 Å². The quantitative estimate of drug-likeness (QED) is 0.708. The second kappa shape index (κ2) is 9.49. The lowest BCUT2D eigenvalue weighted by molar-refractivity contribution is -0.134. The number of carbonyl (C=O) groups is 2. The van der Waals surface area contributed by atoms with Crippen LogP contribution < -0.4 is 10.5 Å². The molecular formula is C23H34N4O3. The van der Waals surface area contributed by atoms with Crippen molar-refractivity contribution in [3.8, 4) is 5.75 Å². The number of nitrogens with two attached hydrogens (primary N) is 1. The number of amides is 2. The lowest BCUT2D eigenvalue weighted by atomic mass is 9.90. The Balaban J connectivity index is 1.41. The number of nitrogens with zero attached hydrogens (tertiary/aromatic N) is 3. The molecule has 0 bridgehead atoms. The first kappa shape index (κ1) is 22.1. The maximum Gasteiger partial charge on any atom is 0.260 e. The van der Waals surface area contributed by atoms with E-state index in [0.717, 1.165) is 32.4 Å². The molecule has 1 atom stereocenters. The van der Waals surface area contributed by atoms with Crippen molar-refractivity contribution in [1.29, 1.82) is 0 Å². The van der Waals surface area contributed by atoms with Gasteiger partial charge in [0.15, 0.2) is 12.6 Å². The van der Waals surface area contributed by atoms with Crippen LogP contribution in [0.5, 0.6) is 5.75 Å². The largest absolute Gasteiger partial charge is 0.484 e. The summed E-state index contributed by atoms with van der Waals surface area (Å²) in [6.45, 7) is 8.17. The smallest absolute Gasteiger partial charge is 0.260 e. The Bertz CT molecular complexity index is 772.